The highest BCUT2D eigenvalue weighted by atomic mass is 19.4. The molecule has 92 valence electrons. The molecule has 0 aromatic heterocycles. The van der Waals surface area contributed by atoms with Crippen molar-refractivity contribution < 1.29 is 22.7 Å². The first-order valence-electron chi connectivity index (χ1n) is 5.06. The monoisotopic (exact) mass is 245 g/mol. The van der Waals surface area contributed by atoms with Crippen LogP contribution in [0, 0.1) is 0 Å². The number of rotatable bonds is 3. The fourth-order valence-corrected chi connectivity index (χ4v) is 1.43. The van der Waals surface area contributed by atoms with Crippen molar-refractivity contribution in [3.8, 4) is 5.75 Å². The molecule has 1 aromatic rings. The lowest BCUT2D eigenvalue weighted by Crippen LogP contribution is -2.17. The number of alkyl halides is 3. The van der Waals surface area contributed by atoms with Crippen molar-refractivity contribution in [3.05, 3.63) is 29.3 Å². The molecule has 0 bridgehead atoms. The van der Waals surface area contributed by atoms with Gasteiger partial charge in [0.25, 0.3) is 5.91 Å². The summed E-state index contributed by atoms with van der Waals surface area (Å²) >= 11 is 0. The minimum atomic E-state index is -4.56. The lowest BCUT2D eigenvalue weighted by Gasteiger charge is -2.15. The highest BCUT2D eigenvalue weighted by Gasteiger charge is 2.38. The predicted octanol–water partition coefficient (Wildman–Crippen LogP) is 2.35. The smallest absolute Gasteiger partial charge is 0.419 e. The SMILES string of the molecule is NC(=O)c1cccc(C(F)(F)F)c1OC1CC1. The van der Waals surface area contributed by atoms with E-state index in [1.807, 2.05) is 0 Å². The highest BCUT2D eigenvalue weighted by molar-refractivity contribution is 5.96. The van der Waals surface area contributed by atoms with Gasteiger partial charge in [-0.1, -0.05) is 6.07 Å². The molecule has 0 radical (unpaired) electrons. The van der Waals surface area contributed by atoms with Crippen LogP contribution in [0.5, 0.6) is 5.75 Å². The Kier molecular flexibility index (Phi) is 2.73. The molecule has 2 N–H and O–H groups in total. The van der Waals surface area contributed by atoms with Crippen molar-refractivity contribution in [2.45, 2.75) is 25.1 Å². The van der Waals surface area contributed by atoms with Crippen LogP contribution < -0.4 is 10.5 Å². The van der Waals surface area contributed by atoms with E-state index in [1.165, 1.54) is 6.07 Å². The van der Waals surface area contributed by atoms with E-state index in [1.54, 1.807) is 0 Å². The molecule has 0 aliphatic heterocycles. The fraction of sp³-hybridized carbons (Fsp3) is 0.364. The summed E-state index contributed by atoms with van der Waals surface area (Å²) in [5, 5.41) is 0. The molecular formula is C11H10F3NO2. The lowest BCUT2D eigenvalue weighted by molar-refractivity contribution is -0.139. The number of ether oxygens (including phenoxy) is 1. The normalized spacial score (nSPS) is 15.7. The highest BCUT2D eigenvalue weighted by Crippen LogP contribution is 2.40. The third-order valence-electron chi connectivity index (χ3n) is 2.39. The van der Waals surface area contributed by atoms with Crippen LogP contribution in [-0.2, 0) is 6.18 Å². The van der Waals surface area contributed by atoms with E-state index in [0.29, 0.717) is 12.8 Å². The predicted molar refractivity (Wildman–Crippen MR) is 53.6 cm³/mol. The number of hydrogen-bond acceptors (Lipinski definition) is 2. The Hall–Kier alpha value is -1.72. The van der Waals surface area contributed by atoms with Gasteiger partial charge in [0.05, 0.1) is 17.2 Å². The maximum absolute atomic E-state index is 12.7. The molecule has 1 aliphatic carbocycles. The maximum atomic E-state index is 12.7. The molecule has 0 spiro atoms. The average molecular weight is 245 g/mol. The Bertz CT molecular complexity index is 453. The largest absolute Gasteiger partial charge is 0.489 e. The Morgan fingerprint density at radius 3 is 2.47 bits per heavy atom. The lowest BCUT2D eigenvalue weighted by atomic mass is 10.1. The van der Waals surface area contributed by atoms with Crippen molar-refractivity contribution in [1.82, 2.24) is 0 Å². The number of carbonyl (C=O) groups is 1. The first-order chi connectivity index (χ1) is 7.89. The van der Waals surface area contributed by atoms with E-state index in [4.69, 9.17) is 10.5 Å². The number of nitrogens with two attached hydrogens (primary N) is 1. The third kappa shape index (κ3) is 2.51. The number of benzene rings is 1. The molecule has 0 heterocycles. The van der Waals surface area contributed by atoms with Crippen LogP contribution in [0.4, 0.5) is 13.2 Å². The van der Waals surface area contributed by atoms with E-state index in [0.717, 1.165) is 12.1 Å². The van der Waals surface area contributed by atoms with Crippen LogP contribution in [-0.4, -0.2) is 12.0 Å². The summed E-state index contributed by atoms with van der Waals surface area (Å²) in [6, 6.07) is 3.25. The molecule has 1 aromatic carbocycles. The molecule has 1 fully saturated rings. The molecule has 0 unspecified atom stereocenters. The molecule has 1 amide bonds. The van der Waals surface area contributed by atoms with E-state index < -0.39 is 23.4 Å². The quantitative estimate of drug-likeness (QED) is 0.888. The topological polar surface area (TPSA) is 52.3 Å². The summed E-state index contributed by atoms with van der Waals surface area (Å²) in [5.41, 5.74) is 3.85. The second-order valence-corrected chi connectivity index (χ2v) is 3.86. The van der Waals surface area contributed by atoms with Gasteiger partial charge in [-0.2, -0.15) is 13.2 Å². The zero-order chi connectivity index (χ0) is 12.6. The van der Waals surface area contributed by atoms with Gasteiger partial charge in [0.15, 0.2) is 0 Å². The molecule has 2 rings (SSSR count). The Morgan fingerprint density at radius 1 is 1.35 bits per heavy atom. The zero-order valence-corrected chi connectivity index (χ0v) is 8.75. The van der Waals surface area contributed by atoms with Crippen LogP contribution >= 0.6 is 0 Å². The first kappa shape index (κ1) is 11.8. The van der Waals surface area contributed by atoms with Crippen LogP contribution in [0.15, 0.2) is 18.2 Å². The molecule has 1 aliphatic rings. The maximum Gasteiger partial charge on any atom is 0.419 e. The van der Waals surface area contributed by atoms with Gasteiger partial charge in [0.1, 0.15) is 5.75 Å². The second kappa shape index (κ2) is 3.94. The Balaban J connectivity index is 2.49. The van der Waals surface area contributed by atoms with Gasteiger partial charge in [-0.05, 0) is 25.0 Å². The van der Waals surface area contributed by atoms with Crippen molar-refractivity contribution in [1.29, 1.82) is 0 Å². The molecule has 6 heteroatoms. The minimum absolute atomic E-state index is 0.230. The standard InChI is InChI=1S/C11H10F3NO2/c12-11(13,14)8-3-1-2-7(10(15)16)9(8)17-6-4-5-6/h1-3,6H,4-5H2,(H2,15,16). The van der Waals surface area contributed by atoms with Crippen molar-refractivity contribution in [3.63, 3.8) is 0 Å². The number of halogens is 3. The Morgan fingerprint density at radius 2 is 2.00 bits per heavy atom. The van der Waals surface area contributed by atoms with E-state index >= 15 is 0 Å². The number of hydrogen-bond donors (Lipinski definition) is 1. The summed E-state index contributed by atoms with van der Waals surface area (Å²) in [6.45, 7) is 0. The van der Waals surface area contributed by atoms with Crippen LogP contribution in [0.3, 0.4) is 0 Å². The van der Waals surface area contributed by atoms with Gasteiger partial charge in [0.2, 0.25) is 0 Å². The van der Waals surface area contributed by atoms with Crippen LogP contribution in [0.2, 0.25) is 0 Å². The second-order valence-electron chi connectivity index (χ2n) is 3.86. The van der Waals surface area contributed by atoms with Gasteiger partial charge in [0, 0.05) is 0 Å². The van der Waals surface area contributed by atoms with Crippen molar-refractivity contribution >= 4 is 5.91 Å². The van der Waals surface area contributed by atoms with E-state index in [9.17, 15) is 18.0 Å². The summed E-state index contributed by atoms with van der Waals surface area (Å²) in [4.78, 5) is 11.1. The molecule has 3 nitrogen and oxygen atoms in total. The first-order valence-corrected chi connectivity index (χ1v) is 5.06. The van der Waals surface area contributed by atoms with Gasteiger partial charge in [-0.25, -0.2) is 0 Å². The number of para-hydroxylation sites is 1. The minimum Gasteiger partial charge on any atom is -0.489 e. The van der Waals surface area contributed by atoms with Crippen molar-refractivity contribution in [2.75, 3.05) is 0 Å². The van der Waals surface area contributed by atoms with Gasteiger partial charge < -0.3 is 10.5 Å². The number of primary amides is 1. The van der Waals surface area contributed by atoms with E-state index in [2.05, 4.69) is 0 Å². The summed E-state index contributed by atoms with van der Waals surface area (Å²) in [6.07, 6.45) is -3.40. The summed E-state index contributed by atoms with van der Waals surface area (Å²) in [5.74, 6) is -1.37. The van der Waals surface area contributed by atoms with Gasteiger partial charge in [-0.15, -0.1) is 0 Å². The molecule has 1 saturated carbocycles. The summed E-state index contributed by atoms with van der Waals surface area (Å²) < 4.78 is 43.3. The molecule has 0 atom stereocenters. The number of amides is 1. The third-order valence-corrected chi connectivity index (χ3v) is 2.39. The molecule has 0 saturated heterocycles. The average Bonchev–Trinajstić information content (AvgIpc) is 3.00. The van der Waals surface area contributed by atoms with Crippen LogP contribution in [0.1, 0.15) is 28.8 Å². The van der Waals surface area contributed by atoms with E-state index in [-0.39, 0.29) is 11.7 Å². The van der Waals surface area contributed by atoms with Crippen LogP contribution in [0.25, 0.3) is 0 Å². The van der Waals surface area contributed by atoms with Gasteiger partial charge >= 0.3 is 6.18 Å². The fourth-order valence-electron chi connectivity index (χ4n) is 1.43. The summed E-state index contributed by atoms with van der Waals surface area (Å²) in [7, 11) is 0. The van der Waals surface area contributed by atoms with Crippen molar-refractivity contribution in [2.24, 2.45) is 5.73 Å². The molecular weight excluding hydrogens is 235 g/mol. The van der Waals surface area contributed by atoms with Gasteiger partial charge in [-0.3, -0.25) is 4.79 Å². The zero-order valence-electron chi connectivity index (χ0n) is 8.75. The Labute approximate surface area is 95.4 Å². The molecule has 17 heavy (non-hydrogen) atoms. The number of carbonyl (C=O) groups excluding carboxylic acids is 1.